The molecule has 0 spiro atoms. The zero-order chi connectivity index (χ0) is 18.7. The minimum Gasteiger partial charge on any atom is -0.497 e. The molecule has 1 aliphatic rings. The van der Waals surface area contributed by atoms with E-state index in [-0.39, 0.29) is 30.5 Å². The Morgan fingerprint density at radius 3 is 2.46 bits per heavy atom. The monoisotopic (exact) mass is 379 g/mol. The molecule has 1 aliphatic heterocycles. The van der Waals surface area contributed by atoms with E-state index in [1.54, 1.807) is 24.3 Å². The highest BCUT2D eigenvalue weighted by molar-refractivity contribution is 7.92. The third-order valence-corrected chi connectivity index (χ3v) is 6.29. The van der Waals surface area contributed by atoms with E-state index in [1.165, 1.54) is 24.1 Å². The van der Waals surface area contributed by atoms with Crippen LogP contribution in [0.1, 0.15) is 0 Å². The summed E-state index contributed by atoms with van der Waals surface area (Å²) in [4.78, 5) is 13.6. The van der Waals surface area contributed by atoms with Crippen molar-refractivity contribution in [2.24, 2.45) is 0 Å². The lowest BCUT2D eigenvalue weighted by Gasteiger charge is -2.38. The number of carbonyl (C=O) groups is 1. The first-order valence-electron chi connectivity index (χ1n) is 7.94. The van der Waals surface area contributed by atoms with Crippen LogP contribution in [0.15, 0.2) is 53.4 Å². The van der Waals surface area contributed by atoms with Gasteiger partial charge in [0.1, 0.15) is 22.6 Å². The Morgan fingerprint density at radius 2 is 1.81 bits per heavy atom. The number of rotatable bonds is 6. The van der Waals surface area contributed by atoms with Crippen molar-refractivity contribution in [2.75, 3.05) is 26.8 Å². The molecule has 1 saturated heterocycles. The first-order chi connectivity index (χ1) is 12.4. The van der Waals surface area contributed by atoms with E-state index in [9.17, 15) is 17.6 Å². The minimum absolute atomic E-state index is 0.0589. The van der Waals surface area contributed by atoms with E-state index in [1.807, 2.05) is 0 Å². The number of hydrogen-bond acceptors (Lipinski definition) is 5. The maximum atomic E-state index is 12.9. The van der Waals surface area contributed by atoms with Crippen LogP contribution in [0.2, 0.25) is 0 Å². The number of benzene rings is 2. The van der Waals surface area contributed by atoms with E-state index < -0.39 is 20.9 Å². The Kier molecular flexibility index (Phi) is 5.13. The van der Waals surface area contributed by atoms with Gasteiger partial charge in [-0.2, -0.15) is 0 Å². The Morgan fingerprint density at radius 1 is 1.15 bits per heavy atom. The quantitative estimate of drug-likeness (QED) is 0.717. The first kappa shape index (κ1) is 18.2. The summed E-state index contributed by atoms with van der Waals surface area (Å²) in [7, 11) is -2.05. The lowest BCUT2D eigenvalue weighted by molar-refractivity contribution is -0.136. The van der Waals surface area contributed by atoms with E-state index in [0.29, 0.717) is 11.5 Å². The molecule has 0 bridgehead atoms. The average Bonchev–Trinajstić information content (AvgIpc) is 2.59. The smallest absolute Gasteiger partial charge is 0.260 e. The Labute approximate surface area is 151 Å². The standard InChI is InChI=1S/C18H18FNO5S/c1-24-14-3-2-4-15(9-14)25-12-18(21)20-10-17(11-20)26(22,23)16-7-5-13(19)6-8-16/h2-9,17H,10-12H2,1H3. The second kappa shape index (κ2) is 7.33. The van der Waals surface area contributed by atoms with E-state index in [0.717, 1.165) is 12.1 Å². The van der Waals surface area contributed by atoms with Crippen molar-refractivity contribution in [1.82, 2.24) is 4.90 Å². The Balaban J connectivity index is 1.54. The zero-order valence-corrected chi connectivity index (χ0v) is 14.9. The number of likely N-dealkylation sites (tertiary alicyclic amines) is 1. The van der Waals surface area contributed by atoms with Crippen LogP contribution in [0, 0.1) is 5.82 Å². The molecule has 0 N–H and O–H groups in total. The lowest BCUT2D eigenvalue weighted by Crippen LogP contribution is -2.57. The van der Waals surface area contributed by atoms with Crippen molar-refractivity contribution in [2.45, 2.75) is 10.1 Å². The number of methoxy groups -OCH3 is 1. The van der Waals surface area contributed by atoms with Gasteiger partial charge in [-0.05, 0) is 36.4 Å². The number of ether oxygens (including phenoxy) is 2. The van der Waals surface area contributed by atoms with Crippen molar-refractivity contribution < 1.29 is 27.1 Å². The number of halogens is 1. The van der Waals surface area contributed by atoms with Crippen LogP contribution >= 0.6 is 0 Å². The number of hydrogen-bond donors (Lipinski definition) is 0. The van der Waals surface area contributed by atoms with Gasteiger partial charge < -0.3 is 14.4 Å². The van der Waals surface area contributed by atoms with Gasteiger partial charge in [0.15, 0.2) is 16.4 Å². The molecule has 26 heavy (non-hydrogen) atoms. The summed E-state index contributed by atoms with van der Waals surface area (Å²) in [6.07, 6.45) is 0. The van der Waals surface area contributed by atoms with Gasteiger partial charge >= 0.3 is 0 Å². The van der Waals surface area contributed by atoms with Crippen molar-refractivity contribution >= 4 is 15.7 Å². The van der Waals surface area contributed by atoms with Crippen LogP contribution in [0.4, 0.5) is 4.39 Å². The van der Waals surface area contributed by atoms with Crippen LogP contribution in [0.25, 0.3) is 0 Å². The van der Waals surface area contributed by atoms with Crippen molar-refractivity contribution in [3.63, 3.8) is 0 Å². The maximum Gasteiger partial charge on any atom is 0.260 e. The topological polar surface area (TPSA) is 72.9 Å². The van der Waals surface area contributed by atoms with Gasteiger partial charge in [0.25, 0.3) is 5.91 Å². The normalized spacial score (nSPS) is 14.6. The molecule has 1 amide bonds. The summed E-state index contributed by atoms with van der Waals surface area (Å²) in [5.74, 6) is 0.320. The molecule has 0 aliphatic carbocycles. The summed E-state index contributed by atoms with van der Waals surface area (Å²) in [5.41, 5.74) is 0. The van der Waals surface area contributed by atoms with Gasteiger partial charge in [-0.15, -0.1) is 0 Å². The number of carbonyl (C=O) groups excluding carboxylic acids is 1. The van der Waals surface area contributed by atoms with Crippen LogP contribution in [-0.2, 0) is 14.6 Å². The van der Waals surface area contributed by atoms with Crippen molar-refractivity contribution in [3.8, 4) is 11.5 Å². The largest absolute Gasteiger partial charge is 0.497 e. The number of sulfone groups is 1. The Bertz CT molecular complexity index is 892. The summed E-state index contributed by atoms with van der Waals surface area (Å²) in [6, 6.07) is 11.6. The molecule has 1 fully saturated rings. The fourth-order valence-electron chi connectivity index (χ4n) is 2.58. The molecule has 0 atom stereocenters. The molecule has 138 valence electrons. The second-order valence-corrected chi connectivity index (χ2v) is 8.12. The van der Waals surface area contributed by atoms with E-state index in [2.05, 4.69) is 0 Å². The molecule has 2 aromatic rings. The van der Waals surface area contributed by atoms with E-state index in [4.69, 9.17) is 9.47 Å². The van der Waals surface area contributed by atoms with Crippen LogP contribution in [0.3, 0.4) is 0 Å². The van der Waals surface area contributed by atoms with Gasteiger partial charge in [-0.1, -0.05) is 6.07 Å². The molecular formula is C18H18FNO5S. The van der Waals surface area contributed by atoms with Crippen LogP contribution in [-0.4, -0.2) is 51.3 Å². The summed E-state index contributed by atoms with van der Waals surface area (Å²) in [6.45, 7) is 0.0104. The summed E-state index contributed by atoms with van der Waals surface area (Å²) < 4.78 is 48.3. The highest BCUT2D eigenvalue weighted by Gasteiger charge is 2.40. The summed E-state index contributed by atoms with van der Waals surface area (Å²) in [5, 5.41) is -0.686. The maximum absolute atomic E-state index is 12.9. The number of amides is 1. The molecule has 3 rings (SSSR count). The molecule has 1 heterocycles. The third-order valence-electron chi connectivity index (χ3n) is 4.19. The molecule has 0 unspecified atom stereocenters. The minimum atomic E-state index is -3.58. The average molecular weight is 379 g/mol. The van der Waals surface area contributed by atoms with Gasteiger partial charge in [0.05, 0.1) is 12.0 Å². The van der Waals surface area contributed by atoms with E-state index >= 15 is 0 Å². The lowest BCUT2D eigenvalue weighted by atomic mass is 10.2. The second-order valence-electron chi connectivity index (χ2n) is 5.89. The fraction of sp³-hybridized carbons (Fsp3) is 0.278. The third kappa shape index (κ3) is 3.80. The SMILES string of the molecule is COc1cccc(OCC(=O)N2CC(S(=O)(=O)c3ccc(F)cc3)C2)c1. The predicted molar refractivity (Wildman–Crippen MR) is 92.4 cm³/mol. The van der Waals surface area contributed by atoms with Gasteiger partial charge in [-0.25, -0.2) is 12.8 Å². The fourth-order valence-corrected chi connectivity index (χ4v) is 4.23. The van der Waals surface area contributed by atoms with Gasteiger partial charge in [0, 0.05) is 19.2 Å². The van der Waals surface area contributed by atoms with Crippen molar-refractivity contribution in [1.29, 1.82) is 0 Å². The van der Waals surface area contributed by atoms with Crippen molar-refractivity contribution in [3.05, 3.63) is 54.3 Å². The van der Waals surface area contributed by atoms with Crippen LogP contribution < -0.4 is 9.47 Å². The van der Waals surface area contributed by atoms with Gasteiger partial charge in [-0.3, -0.25) is 4.79 Å². The zero-order valence-electron chi connectivity index (χ0n) is 14.1. The molecule has 6 nitrogen and oxygen atoms in total. The van der Waals surface area contributed by atoms with Crippen LogP contribution in [0.5, 0.6) is 11.5 Å². The molecule has 0 aromatic heterocycles. The molecular weight excluding hydrogens is 361 g/mol. The highest BCUT2D eigenvalue weighted by atomic mass is 32.2. The first-order valence-corrected chi connectivity index (χ1v) is 9.49. The summed E-state index contributed by atoms with van der Waals surface area (Å²) >= 11 is 0. The molecule has 2 aromatic carbocycles. The molecule has 0 radical (unpaired) electrons. The molecule has 0 saturated carbocycles. The predicted octanol–water partition coefficient (Wildman–Crippen LogP) is 1.90. The Hall–Kier alpha value is -2.61. The van der Waals surface area contributed by atoms with Gasteiger partial charge in [0.2, 0.25) is 0 Å². The number of nitrogens with zero attached hydrogens (tertiary/aromatic N) is 1. The highest BCUT2D eigenvalue weighted by Crippen LogP contribution is 2.24. The molecule has 8 heteroatoms.